The molecule has 0 radical (unpaired) electrons. The first-order valence-corrected chi connectivity index (χ1v) is 5.60. The summed E-state index contributed by atoms with van der Waals surface area (Å²) in [5.74, 6) is 5.47. The first-order chi connectivity index (χ1) is 7.15. The van der Waals surface area contributed by atoms with Gasteiger partial charge in [-0.15, -0.1) is 0 Å². The van der Waals surface area contributed by atoms with E-state index in [4.69, 9.17) is 10.6 Å². The molecule has 5 heteroatoms. The molecular weight excluding hydrogens is 206 g/mol. The molecule has 16 heavy (non-hydrogen) atoms. The Morgan fingerprint density at radius 2 is 2.06 bits per heavy atom. The molecular formula is C11H23N3O2. The van der Waals surface area contributed by atoms with Gasteiger partial charge in [0.1, 0.15) is 5.60 Å². The van der Waals surface area contributed by atoms with Gasteiger partial charge in [-0.05, 0) is 20.8 Å². The van der Waals surface area contributed by atoms with Crippen molar-refractivity contribution in [2.75, 3.05) is 13.1 Å². The van der Waals surface area contributed by atoms with Crippen LogP contribution in [0.2, 0.25) is 0 Å². The Labute approximate surface area is 97.3 Å². The molecule has 1 amide bonds. The number of likely N-dealkylation sites (tertiary alicyclic amines) is 1. The molecule has 0 saturated carbocycles. The fourth-order valence-electron chi connectivity index (χ4n) is 1.88. The van der Waals surface area contributed by atoms with Crippen LogP contribution < -0.4 is 11.3 Å². The van der Waals surface area contributed by atoms with Gasteiger partial charge in [-0.2, -0.15) is 0 Å². The number of carbonyl (C=O) groups is 1. The highest BCUT2D eigenvalue weighted by atomic mass is 16.6. The van der Waals surface area contributed by atoms with E-state index in [1.807, 2.05) is 20.8 Å². The van der Waals surface area contributed by atoms with Crippen molar-refractivity contribution in [2.24, 2.45) is 11.3 Å². The normalized spacial score (nSPS) is 24.6. The van der Waals surface area contributed by atoms with Crippen LogP contribution in [0.4, 0.5) is 4.79 Å². The van der Waals surface area contributed by atoms with E-state index in [2.05, 4.69) is 19.3 Å². The van der Waals surface area contributed by atoms with Crippen molar-refractivity contribution in [3.63, 3.8) is 0 Å². The SMILES string of the molecule is CC(C)(C)OC(=O)N1CC(NN)C(C)(C)C1. The molecule has 0 aromatic heterocycles. The summed E-state index contributed by atoms with van der Waals surface area (Å²) in [5, 5.41) is 0. The van der Waals surface area contributed by atoms with Gasteiger partial charge >= 0.3 is 6.09 Å². The van der Waals surface area contributed by atoms with E-state index in [-0.39, 0.29) is 17.6 Å². The van der Waals surface area contributed by atoms with E-state index < -0.39 is 5.60 Å². The number of nitrogens with one attached hydrogen (secondary N) is 1. The minimum atomic E-state index is -0.449. The number of hydrogen-bond acceptors (Lipinski definition) is 4. The summed E-state index contributed by atoms with van der Waals surface area (Å²) in [6.45, 7) is 11.0. The first-order valence-electron chi connectivity index (χ1n) is 5.60. The maximum Gasteiger partial charge on any atom is 0.410 e. The average molecular weight is 229 g/mol. The predicted octanol–water partition coefficient (Wildman–Crippen LogP) is 1.10. The molecule has 3 N–H and O–H groups in total. The number of nitrogens with zero attached hydrogens (tertiary/aromatic N) is 1. The Hall–Kier alpha value is -0.810. The zero-order valence-electron chi connectivity index (χ0n) is 10.8. The summed E-state index contributed by atoms with van der Waals surface area (Å²) in [7, 11) is 0. The number of nitrogens with two attached hydrogens (primary N) is 1. The van der Waals surface area contributed by atoms with Gasteiger partial charge in [0.2, 0.25) is 0 Å². The number of ether oxygens (including phenoxy) is 1. The van der Waals surface area contributed by atoms with Gasteiger partial charge in [-0.3, -0.25) is 11.3 Å². The smallest absolute Gasteiger partial charge is 0.410 e. The van der Waals surface area contributed by atoms with Crippen LogP contribution in [0.3, 0.4) is 0 Å². The lowest BCUT2D eigenvalue weighted by molar-refractivity contribution is 0.0277. The molecule has 1 aliphatic rings. The van der Waals surface area contributed by atoms with Crippen molar-refractivity contribution in [2.45, 2.75) is 46.3 Å². The Morgan fingerprint density at radius 1 is 1.50 bits per heavy atom. The van der Waals surface area contributed by atoms with Crippen LogP contribution in [0.15, 0.2) is 0 Å². The van der Waals surface area contributed by atoms with E-state index in [0.717, 1.165) is 0 Å². The second-order valence-corrected chi connectivity index (χ2v) is 6.07. The zero-order chi connectivity index (χ0) is 12.6. The number of hydrogen-bond donors (Lipinski definition) is 2. The molecule has 1 heterocycles. The lowest BCUT2D eigenvalue weighted by atomic mass is 9.88. The third-order valence-corrected chi connectivity index (χ3v) is 2.80. The molecule has 1 saturated heterocycles. The molecule has 5 nitrogen and oxygen atoms in total. The van der Waals surface area contributed by atoms with Crippen molar-refractivity contribution < 1.29 is 9.53 Å². The molecule has 0 aromatic rings. The molecule has 1 fully saturated rings. The molecule has 1 rings (SSSR count). The first kappa shape index (κ1) is 13.3. The molecule has 1 unspecified atom stereocenters. The van der Waals surface area contributed by atoms with Crippen molar-refractivity contribution in [1.82, 2.24) is 10.3 Å². The average Bonchev–Trinajstić information content (AvgIpc) is 2.37. The van der Waals surface area contributed by atoms with Crippen LogP contribution in [-0.4, -0.2) is 35.7 Å². The summed E-state index contributed by atoms with van der Waals surface area (Å²) in [4.78, 5) is 13.5. The molecule has 0 aliphatic carbocycles. The van der Waals surface area contributed by atoms with Gasteiger partial charge in [0.05, 0.1) is 0 Å². The molecule has 1 aliphatic heterocycles. The quantitative estimate of drug-likeness (QED) is 0.522. The molecule has 94 valence electrons. The zero-order valence-corrected chi connectivity index (χ0v) is 10.8. The third-order valence-electron chi connectivity index (χ3n) is 2.80. The second-order valence-electron chi connectivity index (χ2n) is 6.07. The van der Waals surface area contributed by atoms with Gasteiger partial charge in [-0.25, -0.2) is 4.79 Å². The van der Waals surface area contributed by atoms with E-state index in [1.165, 1.54) is 0 Å². The Balaban J connectivity index is 2.62. The number of amides is 1. The van der Waals surface area contributed by atoms with E-state index in [0.29, 0.717) is 13.1 Å². The number of carbonyl (C=O) groups excluding carboxylic acids is 1. The summed E-state index contributed by atoms with van der Waals surface area (Å²) in [6, 6.07) is 0.111. The molecule has 0 bridgehead atoms. The van der Waals surface area contributed by atoms with Crippen molar-refractivity contribution >= 4 is 6.09 Å². The fourth-order valence-corrected chi connectivity index (χ4v) is 1.88. The van der Waals surface area contributed by atoms with Crippen LogP contribution in [0.1, 0.15) is 34.6 Å². The highest BCUT2D eigenvalue weighted by Crippen LogP contribution is 2.30. The molecule has 0 aromatic carbocycles. The minimum Gasteiger partial charge on any atom is -0.444 e. The Kier molecular flexibility index (Phi) is 3.50. The summed E-state index contributed by atoms with van der Waals surface area (Å²) >= 11 is 0. The highest BCUT2D eigenvalue weighted by molar-refractivity contribution is 5.68. The van der Waals surface area contributed by atoms with E-state index in [9.17, 15) is 4.79 Å². The van der Waals surface area contributed by atoms with Gasteiger partial charge in [-0.1, -0.05) is 13.8 Å². The lowest BCUT2D eigenvalue weighted by Crippen LogP contribution is -2.45. The predicted molar refractivity (Wildman–Crippen MR) is 62.7 cm³/mol. The highest BCUT2D eigenvalue weighted by Gasteiger charge is 2.41. The Morgan fingerprint density at radius 3 is 2.44 bits per heavy atom. The monoisotopic (exact) mass is 229 g/mol. The number of rotatable bonds is 1. The van der Waals surface area contributed by atoms with Crippen LogP contribution in [-0.2, 0) is 4.74 Å². The Bertz CT molecular complexity index is 271. The third kappa shape index (κ3) is 3.09. The standard InChI is InChI=1S/C11H23N3O2/c1-10(2,3)16-9(15)14-6-8(13-12)11(4,5)7-14/h8,13H,6-7,12H2,1-5H3. The van der Waals surface area contributed by atoms with E-state index >= 15 is 0 Å². The van der Waals surface area contributed by atoms with E-state index in [1.54, 1.807) is 4.90 Å². The van der Waals surface area contributed by atoms with Crippen molar-refractivity contribution in [3.8, 4) is 0 Å². The van der Waals surface area contributed by atoms with Crippen LogP contribution in [0.25, 0.3) is 0 Å². The summed E-state index contributed by atoms with van der Waals surface area (Å²) in [5.41, 5.74) is 2.28. The molecule has 0 spiro atoms. The maximum atomic E-state index is 11.8. The maximum absolute atomic E-state index is 11.8. The van der Waals surface area contributed by atoms with Crippen LogP contribution in [0.5, 0.6) is 0 Å². The topological polar surface area (TPSA) is 67.6 Å². The molecule has 1 atom stereocenters. The second kappa shape index (κ2) is 4.22. The lowest BCUT2D eigenvalue weighted by Gasteiger charge is -2.25. The van der Waals surface area contributed by atoms with Crippen molar-refractivity contribution in [1.29, 1.82) is 0 Å². The number of hydrazine groups is 1. The van der Waals surface area contributed by atoms with Crippen LogP contribution >= 0.6 is 0 Å². The van der Waals surface area contributed by atoms with Crippen LogP contribution in [0, 0.1) is 5.41 Å². The van der Waals surface area contributed by atoms with Gasteiger partial charge in [0, 0.05) is 24.5 Å². The summed E-state index contributed by atoms with van der Waals surface area (Å²) in [6.07, 6.45) is -0.265. The van der Waals surface area contributed by atoms with Gasteiger partial charge in [0.25, 0.3) is 0 Å². The summed E-state index contributed by atoms with van der Waals surface area (Å²) < 4.78 is 5.33. The largest absolute Gasteiger partial charge is 0.444 e. The minimum absolute atomic E-state index is 0.0222. The van der Waals surface area contributed by atoms with Gasteiger partial charge < -0.3 is 9.64 Å². The van der Waals surface area contributed by atoms with Crippen molar-refractivity contribution in [3.05, 3.63) is 0 Å². The van der Waals surface area contributed by atoms with Gasteiger partial charge in [0.15, 0.2) is 0 Å². The fraction of sp³-hybridized carbons (Fsp3) is 0.909.